The number of hydrogen-bond donors (Lipinski definition) is 1. The predicted octanol–water partition coefficient (Wildman–Crippen LogP) is 3.91. The molecule has 0 bridgehead atoms. The largest absolute Gasteiger partial charge is 0.310 e. The van der Waals surface area contributed by atoms with Gasteiger partial charge < -0.3 is 10.2 Å². The van der Waals surface area contributed by atoms with E-state index in [0.717, 1.165) is 12.5 Å². The number of benzene rings is 1. The Morgan fingerprint density at radius 2 is 1.81 bits per heavy atom. The molecule has 1 N–H and O–H groups in total. The van der Waals surface area contributed by atoms with Gasteiger partial charge in [-0.15, -0.1) is 0 Å². The summed E-state index contributed by atoms with van der Waals surface area (Å²) >= 11 is 0. The van der Waals surface area contributed by atoms with Gasteiger partial charge in [0.05, 0.1) is 0 Å². The molecular weight excluding hydrogens is 256 g/mol. The van der Waals surface area contributed by atoms with Crippen LogP contribution >= 0.6 is 0 Å². The van der Waals surface area contributed by atoms with E-state index in [2.05, 4.69) is 41.4 Å². The minimum absolute atomic E-state index is 0.590. The van der Waals surface area contributed by atoms with Gasteiger partial charge in [-0.25, -0.2) is 0 Å². The maximum absolute atomic E-state index is 3.83. The SMILES string of the molecule is Cc1ccc(C(NCCCN2CCCCC2)C2CC2)cc1. The van der Waals surface area contributed by atoms with Gasteiger partial charge in [0.1, 0.15) is 0 Å². The maximum Gasteiger partial charge on any atom is 0.0348 e. The molecule has 0 aromatic heterocycles. The summed E-state index contributed by atoms with van der Waals surface area (Å²) in [7, 11) is 0. The molecule has 1 aliphatic heterocycles. The molecule has 1 saturated heterocycles. The third kappa shape index (κ3) is 4.55. The number of nitrogens with zero attached hydrogens (tertiary/aromatic N) is 1. The van der Waals surface area contributed by atoms with E-state index in [1.165, 1.54) is 69.3 Å². The fraction of sp³-hybridized carbons (Fsp3) is 0.684. The van der Waals surface area contributed by atoms with Gasteiger partial charge in [-0.3, -0.25) is 0 Å². The van der Waals surface area contributed by atoms with Crippen LogP contribution in [-0.4, -0.2) is 31.1 Å². The summed E-state index contributed by atoms with van der Waals surface area (Å²) in [6.45, 7) is 7.25. The first-order valence-corrected chi connectivity index (χ1v) is 8.85. The number of rotatable bonds is 7. The maximum atomic E-state index is 3.83. The minimum atomic E-state index is 0.590. The summed E-state index contributed by atoms with van der Waals surface area (Å²) in [6, 6.07) is 9.72. The average Bonchev–Trinajstić information content (AvgIpc) is 3.34. The zero-order valence-corrected chi connectivity index (χ0v) is 13.5. The molecule has 1 aromatic carbocycles. The van der Waals surface area contributed by atoms with Gasteiger partial charge in [-0.05, 0) is 76.7 Å². The van der Waals surface area contributed by atoms with Crippen molar-refractivity contribution in [2.24, 2.45) is 5.92 Å². The summed E-state index contributed by atoms with van der Waals surface area (Å²) in [5.41, 5.74) is 2.85. The van der Waals surface area contributed by atoms with Crippen LogP contribution in [0.2, 0.25) is 0 Å². The van der Waals surface area contributed by atoms with Crippen LogP contribution < -0.4 is 5.32 Å². The second-order valence-corrected chi connectivity index (χ2v) is 6.94. The Morgan fingerprint density at radius 1 is 1.10 bits per heavy atom. The van der Waals surface area contributed by atoms with E-state index < -0.39 is 0 Å². The number of likely N-dealkylation sites (tertiary alicyclic amines) is 1. The lowest BCUT2D eigenvalue weighted by Gasteiger charge is -2.27. The molecule has 21 heavy (non-hydrogen) atoms. The number of aryl methyl sites for hydroxylation is 1. The second kappa shape index (κ2) is 7.42. The molecule has 1 saturated carbocycles. The second-order valence-electron chi connectivity index (χ2n) is 6.94. The Kier molecular flexibility index (Phi) is 5.32. The fourth-order valence-electron chi connectivity index (χ4n) is 3.50. The highest BCUT2D eigenvalue weighted by Gasteiger charge is 2.31. The molecule has 3 rings (SSSR count). The van der Waals surface area contributed by atoms with Crippen molar-refractivity contribution >= 4 is 0 Å². The van der Waals surface area contributed by atoms with Crippen molar-refractivity contribution in [1.82, 2.24) is 10.2 Å². The quantitative estimate of drug-likeness (QED) is 0.765. The van der Waals surface area contributed by atoms with Gasteiger partial charge in [-0.2, -0.15) is 0 Å². The molecule has 0 amide bonds. The van der Waals surface area contributed by atoms with E-state index >= 15 is 0 Å². The monoisotopic (exact) mass is 286 g/mol. The Balaban J connectivity index is 1.44. The first-order valence-electron chi connectivity index (χ1n) is 8.85. The molecule has 2 aliphatic rings. The van der Waals surface area contributed by atoms with Crippen molar-refractivity contribution in [3.8, 4) is 0 Å². The Bertz CT molecular complexity index is 416. The smallest absolute Gasteiger partial charge is 0.0348 e. The van der Waals surface area contributed by atoms with Crippen LogP contribution in [0, 0.1) is 12.8 Å². The van der Waals surface area contributed by atoms with Crippen molar-refractivity contribution in [2.45, 2.75) is 51.5 Å². The molecule has 2 fully saturated rings. The van der Waals surface area contributed by atoms with Crippen LogP contribution in [0.15, 0.2) is 24.3 Å². The summed E-state index contributed by atoms with van der Waals surface area (Å²) in [4.78, 5) is 2.64. The van der Waals surface area contributed by atoms with E-state index in [1.807, 2.05) is 0 Å². The number of hydrogen-bond acceptors (Lipinski definition) is 2. The van der Waals surface area contributed by atoms with Crippen molar-refractivity contribution in [3.63, 3.8) is 0 Å². The fourth-order valence-corrected chi connectivity index (χ4v) is 3.50. The molecule has 0 spiro atoms. The molecule has 2 heteroatoms. The van der Waals surface area contributed by atoms with Crippen LogP contribution in [0.5, 0.6) is 0 Å². The molecule has 1 heterocycles. The van der Waals surface area contributed by atoms with Gasteiger partial charge in [0.2, 0.25) is 0 Å². The van der Waals surface area contributed by atoms with Crippen molar-refractivity contribution < 1.29 is 0 Å². The molecular formula is C19H30N2. The van der Waals surface area contributed by atoms with Gasteiger partial charge in [-0.1, -0.05) is 36.2 Å². The van der Waals surface area contributed by atoms with E-state index in [1.54, 1.807) is 0 Å². The highest BCUT2D eigenvalue weighted by atomic mass is 15.1. The van der Waals surface area contributed by atoms with Crippen molar-refractivity contribution in [1.29, 1.82) is 0 Å². The summed E-state index contributed by atoms with van der Waals surface area (Å²) in [6.07, 6.45) is 8.33. The first kappa shape index (κ1) is 15.1. The highest BCUT2D eigenvalue weighted by molar-refractivity contribution is 5.25. The lowest BCUT2D eigenvalue weighted by molar-refractivity contribution is 0.224. The topological polar surface area (TPSA) is 15.3 Å². The van der Waals surface area contributed by atoms with Gasteiger partial charge >= 0.3 is 0 Å². The van der Waals surface area contributed by atoms with Crippen molar-refractivity contribution in [3.05, 3.63) is 35.4 Å². The Hall–Kier alpha value is -0.860. The minimum Gasteiger partial charge on any atom is -0.310 e. The number of nitrogens with one attached hydrogen (secondary N) is 1. The van der Waals surface area contributed by atoms with Crippen LogP contribution in [0.25, 0.3) is 0 Å². The first-order chi connectivity index (χ1) is 10.3. The van der Waals surface area contributed by atoms with E-state index in [-0.39, 0.29) is 0 Å². The van der Waals surface area contributed by atoms with Crippen LogP contribution in [0.3, 0.4) is 0 Å². The molecule has 1 aromatic rings. The van der Waals surface area contributed by atoms with E-state index in [9.17, 15) is 0 Å². The molecule has 0 radical (unpaired) electrons. The third-order valence-electron chi connectivity index (χ3n) is 4.99. The third-order valence-corrected chi connectivity index (χ3v) is 4.99. The van der Waals surface area contributed by atoms with Crippen LogP contribution in [0.4, 0.5) is 0 Å². The zero-order valence-electron chi connectivity index (χ0n) is 13.5. The standard InChI is InChI=1S/C19H30N2/c1-16-6-8-17(9-7-16)19(18-10-11-18)20-12-5-15-21-13-3-2-4-14-21/h6-9,18-20H,2-5,10-15H2,1H3. The highest BCUT2D eigenvalue weighted by Crippen LogP contribution is 2.40. The normalized spacial score (nSPS) is 21.4. The Morgan fingerprint density at radius 3 is 2.48 bits per heavy atom. The van der Waals surface area contributed by atoms with Crippen molar-refractivity contribution in [2.75, 3.05) is 26.2 Å². The molecule has 2 nitrogen and oxygen atoms in total. The Labute approximate surface area is 129 Å². The lowest BCUT2D eigenvalue weighted by atomic mass is 10.0. The van der Waals surface area contributed by atoms with Crippen LogP contribution in [0.1, 0.15) is 55.7 Å². The summed E-state index contributed by atoms with van der Waals surface area (Å²) in [5, 5.41) is 3.83. The zero-order chi connectivity index (χ0) is 14.5. The summed E-state index contributed by atoms with van der Waals surface area (Å²) in [5.74, 6) is 0.877. The summed E-state index contributed by atoms with van der Waals surface area (Å²) < 4.78 is 0. The number of piperidine rings is 1. The lowest BCUT2D eigenvalue weighted by Crippen LogP contribution is -2.33. The van der Waals surface area contributed by atoms with Gasteiger partial charge in [0, 0.05) is 6.04 Å². The van der Waals surface area contributed by atoms with E-state index in [4.69, 9.17) is 0 Å². The van der Waals surface area contributed by atoms with Gasteiger partial charge in [0.15, 0.2) is 0 Å². The average molecular weight is 286 g/mol. The van der Waals surface area contributed by atoms with Crippen LogP contribution in [-0.2, 0) is 0 Å². The van der Waals surface area contributed by atoms with E-state index in [0.29, 0.717) is 6.04 Å². The molecule has 1 unspecified atom stereocenters. The molecule has 1 atom stereocenters. The molecule has 116 valence electrons. The molecule has 1 aliphatic carbocycles. The predicted molar refractivity (Wildman–Crippen MR) is 89.6 cm³/mol. The van der Waals surface area contributed by atoms with Gasteiger partial charge in [0.25, 0.3) is 0 Å².